The van der Waals surface area contributed by atoms with Crippen LogP contribution in [-0.2, 0) is 13.1 Å². The third-order valence-electron chi connectivity index (χ3n) is 3.41. The number of fused-ring (bicyclic) bond motifs is 1. The molecular weight excluding hydrogens is 234 g/mol. The van der Waals surface area contributed by atoms with Crippen molar-refractivity contribution >= 4 is 10.9 Å². The Morgan fingerprint density at radius 3 is 2.95 bits per heavy atom. The number of nitrogens with one attached hydrogen (secondary N) is 1. The van der Waals surface area contributed by atoms with Crippen molar-refractivity contribution < 1.29 is 0 Å². The maximum Gasteiger partial charge on any atom is 0.0621 e. The van der Waals surface area contributed by atoms with Crippen molar-refractivity contribution in [3.63, 3.8) is 0 Å². The lowest BCUT2D eigenvalue weighted by Gasteiger charge is -2.07. The van der Waals surface area contributed by atoms with Gasteiger partial charge in [-0.15, -0.1) is 0 Å². The maximum absolute atomic E-state index is 8.55. The number of unbranched alkanes of at least 4 members (excludes halogenated alkanes) is 2. The van der Waals surface area contributed by atoms with E-state index in [0.717, 1.165) is 32.5 Å². The van der Waals surface area contributed by atoms with Crippen LogP contribution in [0.15, 0.2) is 30.5 Å². The molecule has 1 heterocycles. The Morgan fingerprint density at radius 1 is 1.26 bits per heavy atom. The van der Waals surface area contributed by atoms with Gasteiger partial charge in [0, 0.05) is 36.6 Å². The number of hydrogen-bond donors (Lipinski definition) is 1. The SMILES string of the molecule is CCNCc1cccc2c1ccn2CCCCC#N. The molecule has 0 saturated carbocycles. The second kappa shape index (κ2) is 6.96. The van der Waals surface area contributed by atoms with Gasteiger partial charge in [-0.05, 0) is 37.1 Å². The molecule has 1 aromatic heterocycles. The molecule has 2 rings (SSSR count). The molecule has 0 aliphatic rings. The Kier molecular flexibility index (Phi) is 5.00. The summed E-state index contributed by atoms with van der Waals surface area (Å²) >= 11 is 0. The monoisotopic (exact) mass is 255 g/mol. The summed E-state index contributed by atoms with van der Waals surface area (Å²) in [6, 6.07) is 10.9. The van der Waals surface area contributed by atoms with Crippen molar-refractivity contribution in [1.82, 2.24) is 9.88 Å². The van der Waals surface area contributed by atoms with Crippen molar-refractivity contribution in [1.29, 1.82) is 5.26 Å². The van der Waals surface area contributed by atoms with Crippen molar-refractivity contribution in [2.24, 2.45) is 0 Å². The molecular formula is C16H21N3. The van der Waals surface area contributed by atoms with Crippen LogP contribution in [0.1, 0.15) is 31.7 Å². The van der Waals surface area contributed by atoms with Crippen molar-refractivity contribution in [2.45, 2.75) is 39.3 Å². The van der Waals surface area contributed by atoms with E-state index in [9.17, 15) is 0 Å². The van der Waals surface area contributed by atoms with E-state index in [1.54, 1.807) is 0 Å². The summed E-state index contributed by atoms with van der Waals surface area (Å²) in [6.45, 7) is 5.04. The standard InChI is InChI=1S/C16H21N3/c1-2-18-13-14-7-6-8-16-15(14)9-12-19(16)11-5-3-4-10-17/h6-9,12,18H,2-5,11,13H2,1H3. The molecule has 0 fully saturated rings. The summed E-state index contributed by atoms with van der Waals surface area (Å²) in [5, 5.41) is 13.3. The predicted molar refractivity (Wildman–Crippen MR) is 78.8 cm³/mol. The van der Waals surface area contributed by atoms with E-state index in [4.69, 9.17) is 5.26 Å². The van der Waals surface area contributed by atoms with Gasteiger partial charge < -0.3 is 9.88 Å². The van der Waals surface area contributed by atoms with E-state index >= 15 is 0 Å². The first-order valence-corrected chi connectivity index (χ1v) is 7.01. The summed E-state index contributed by atoms with van der Waals surface area (Å²) in [6.07, 6.45) is 4.86. The van der Waals surface area contributed by atoms with E-state index in [1.165, 1.54) is 16.5 Å². The minimum Gasteiger partial charge on any atom is -0.347 e. The molecule has 0 saturated heterocycles. The second-order valence-electron chi connectivity index (χ2n) is 4.75. The van der Waals surface area contributed by atoms with E-state index in [1.807, 2.05) is 0 Å². The number of benzene rings is 1. The van der Waals surface area contributed by atoms with Gasteiger partial charge in [0.15, 0.2) is 0 Å². The first kappa shape index (κ1) is 13.6. The fourth-order valence-corrected chi connectivity index (χ4v) is 2.38. The first-order chi connectivity index (χ1) is 9.36. The minimum atomic E-state index is 0.658. The summed E-state index contributed by atoms with van der Waals surface area (Å²) in [5.74, 6) is 0. The first-order valence-electron chi connectivity index (χ1n) is 7.01. The Bertz CT molecular complexity index is 563. The molecule has 0 amide bonds. The zero-order chi connectivity index (χ0) is 13.5. The molecule has 1 aromatic carbocycles. The molecule has 3 nitrogen and oxygen atoms in total. The Labute approximate surface area is 114 Å². The average molecular weight is 255 g/mol. The number of aryl methyl sites for hydroxylation is 1. The van der Waals surface area contributed by atoms with Crippen LogP contribution in [0.25, 0.3) is 10.9 Å². The molecule has 3 heteroatoms. The molecule has 2 aromatic rings. The highest BCUT2D eigenvalue weighted by Gasteiger charge is 2.04. The molecule has 0 atom stereocenters. The quantitative estimate of drug-likeness (QED) is 0.770. The van der Waals surface area contributed by atoms with E-state index < -0.39 is 0 Å². The van der Waals surface area contributed by atoms with E-state index in [0.29, 0.717) is 6.42 Å². The lowest BCUT2D eigenvalue weighted by atomic mass is 10.1. The number of nitrogens with zero attached hydrogens (tertiary/aromatic N) is 2. The molecule has 19 heavy (non-hydrogen) atoms. The number of nitriles is 1. The van der Waals surface area contributed by atoms with Gasteiger partial charge in [0.05, 0.1) is 6.07 Å². The summed E-state index contributed by atoms with van der Waals surface area (Å²) < 4.78 is 2.29. The third kappa shape index (κ3) is 3.36. The van der Waals surface area contributed by atoms with E-state index in [2.05, 4.69) is 53.3 Å². The average Bonchev–Trinajstić information content (AvgIpc) is 2.85. The molecule has 0 aliphatic carbocycles. The number of rotatable bonds is 7. The normalized spacial score (nSPS) is 10.7. The van der Waals surface area contributed by atoms with Crippen LogP contribution in [0, 0.1) is 11.3 Å². The van der Waals surface area contributed by atoms with Gasteiger partial charge in [0.2, 0.25) is 0 Å². The van der Waals surface area contributed by atoms with Crippen LogP contribution in [-0.4, -0.2) is 11.1 Å². The lowest BCUT2D eigenvalue weighted by molar-refractivity contribution is 0.632. The fourth-order valence-electron chi connectivity index (χ4n) is 2.38. The Balaban J connectivity index is 2.12. The third-order valence-corrected chi connectivity index (χ3v) is 3.41. The van der Waals surface area contributed by atoms with Gasteiger partial charge >= 0.3 is 0 Å². The Hall–Kier alpha value is -1.79. The van der Waals surface area contributed by atoms with E-state index in [-0.39, 0.29) is 0 Å². The van der Waals surface area contributed by atoms with Crippen LogP contribution in [0.3, 0.4) is 0 Å². The van der Waals surface area contributed by atoms with Gasteiger partial charge in [-0.3, -0.25) is 0 Å². The summed E-state index contributed by atoms with van der Waals surface area (Å²) in [5.41, 5.74) is 2.66. The highest BCUT2D eigenvalue weighted by atomic mass is 14.9. The number of aromatic nitrogens is 1. The smallest absolute Gasteiger partial charge is 0.0621 e. The zero-order valence-electron chi connectivity index (χ0n) is 11.5. The topological polar surface area (TPSA) is 40.8 Å². The van der Waals surface area contributed by atoms with Gasteiger partial charge in [-0.25, -0.2) is 0 Å². The molecule has 0 bridgehead atoms. The second-order valence-corrected chi connectivity index (χ2v) is 4.75. The van der Waals surface area contributed by atoms with Gasteiger partial charge in [0.1, 0.15) is 0 Å². The molecule has 1 N–H and O–H groups in total. The molecule has 100 valence electrons. The van der Waals surface area contributed by atoms with Crippen LogP contribution < -0.4 is 5.32 Å². The van der Waals surface area contributed by atoms with Crippen LogP contribution in [0.4, 0.5) is 0 Å². The Morgan fingerprint density at radius 2 is 2.16 bits per heavy atom. The summed E-state index contributed by atoms with van der Waals surface area (Å²) in [4.78, 5) is 0. The highest BCUT2D eigenvalue weighted by Crippen LogP contribution is 2.21. The van der Waals surface area contributed by atoms with Crippen LogP contribution in [0.5, 0.6) is 0 Å². The molecule has 0 aliphatic heterocycles. The summed E-state index contributed by atoms with van der Waals surface area (Å²) in [7, 11) is 0. The van der Waals surface area contributed by atoms with Gasteiger partial charge in [0.25, 0.3) is 0 Å². The molecule has 0 radical (unpaired) electrons. The largest absolute Gasteiger partial charge is 0.347 e. The highest BCUT2D eigenvalue weighted by molar-refractivity contribution is 5.83. The molecule has 0 spiro atoms. The van der Waals surface area contributed by atoms with Gasteiger partial charge in [-0.2, -0.15) is 5.26 Å². The van der Waals surface area contributed by atoms with Crippen molar-refractivity contribution in [3.05, 3.63) is 36.0 Å². The molecule has 0 unspecified atom stereocenters. The van der Waals surface area contributed by atoms with Crippen molar-refractivity contribution in [3.8, 4) is 6.07 Å². The van der Waals surface area contributed by atoms with Crippen molar-refractivity contribution in [2.75, 3.05) is 6.54 Å². The van der Waals surface area contributed by atoms with Crippen LogP contribution >= 0.6 is 0 Å². The van der Waals surface area contributed by atoms with Crippen LogP contribution in [0.2, 0.25) is 0 Å². The maximum atomic E-state index is 8.55. The lowest BCUT2D eigenvalue weighted by Crippen LogP contribution is -2.11. The minimum absolute atomic E-state index is 0.658. The van der Waals surface area contributed by atoms with Gasteiger partial charge in [-0.1, -0.05) is 19.1 Å². The fraction of sp³-hybridized carbons (Fsp3) is 0.438. The predicted octanol–water partition coefficient (Wildman–Crippen LogP) is 3.44. The number of hydrogen-bond acceptors (Lipinski definition) is 2. The zero-order valence-corrected chi connectivity index (χ0v) is 11.5.